The lowest BCUT2D eigenvalue weighted by atomic mass is 9.85. The summed E-state index contributed by atoms with van der Waals surface area (Å²) in [5.41, 5.74) is 0.322. The number of rotatable bonds is 6. The Labute approximate surface area is 125 Å². The van der Waals surface area contributed by atoms with Crippen molar-refractivity contribution >= 4 is 0 Å². The molecular formula is C18H33NO. The Hall–Kier alpha value is -0.0800. The van der Waals surface area contributed by atoms with Gasteiger partial charge in [0.15, 0.2) is 0 Å². The molecule has 1 spiro atoms. The first kappa shape index (κ1) is 14.8. The van der Waals surface area contributed by atoms with Crippen LogP contribution < -0.4 is 5.32 Å². The molecule has 0 aromatic carbocycles. The number of nitrogens with one attached hydrogen (secondary N) is 1. The summed E-state index contributed by atoms with van der Waals surface area (Å²) in [6.07, 6.45) is 15.9. The van der Waals surface area contributed by atoms with Crippen LogP contribution in [0.1, 0.15) is 77.6 Å². The highest BCUT2D eigenvalue weighted by molar-refractivity contribution is 4.94. The van der Waals surface area contributed by atoms with Crippen molar-refractivity contribution in [2.24, 2.45) is 11.8 Å². The van der Waals surface area contributed by atoms with Gasteiger partial charge in [-0.2, -0.15) is 0 Å². The molecule has 0 aromatic rings. The number of hydrogen-bond donors (Lipinski definition) is 1. The minimum atomic E-state index is 0.322. The summed E-state index contributed by atoms with van der Waals surface area (Å²) in [7, 11) is 0. The van der Waals surface area contributed by atoms with Gasteiger partial charge in [0, 0.05) is 0 Å². The zero-order valence-electron chi connectivity index (χ0n) is 13.3. The molecule has 2 nitrogen and oxygen atoms in total. The lowest BCUT2D eigenvalue weighted by Crippen LogP contribution is -2.31. The maximum atomic E-state index is 6.55. The van der Waals surface area contributed by atoms with Gasteiger partial charge in [0.25, 0.3) is 0 Å². The van der Waals surface area contributed by atoms with Gasteiger partial charge in [-0.05, 0) is 57.0 Å². The first-order valence-electron chi connectivity index (χ1n) is 9.20. The van der Waals surface area contributed by atoms with E-state index in [9.17, 15) is 0 Å². The van der Waals surface area contributed by atoms with E-state index in [2.05, 4.69) is 12.2 Å². The van der Waals surface area contributed by atoms with Gasteiger partial charge in [-0.1, -0.05) is 45.4 Å². The summed E-state index contributed by atoms with van der Waals surface area (Å²) < 4.78 is 6.55. The third-order valence-corrected chi connectivity index (χ3v) is 6.14. The summed E-state index contributed by atoms with van der Waals surface area (Å²) in [5, 5.41) is 3.60. The second-order valence-electron chi connectivity index (χ2n) is 7.52. The van der Waals surface area contributed by atoms with Crippen molar-refractivity contribution in [2.45, 2.75) is 89.3 Å². The molecule has 2 aliphatic carbocycles. The Morgan fingerprint density at radius 1 is 1.05 bits per heavy atom. The molecule has 1 aliphatic heterocycles. The van der Waals surface area contributed by atoms with Crippen LogP contribution in [0, 0.1) is 11.8 Å². The van der Waals surface area contributed by atoms with Crippen LogP contribution in [0.4, 0.5) is 0 Å². The largest absolute Gasteiger partial charge is 0.372 e. The molecule has 20 heavy (non-hydrogen) atoms. The van der Waals surface area contributed by atoms with E-state index in [1.165, 1.54) is 77.2 Å². The summed E-state index contributed by atoms with van der Waals surface area (Å²) >= 11 is 0. The summed E-state index contributed by atoms with van der Waals surface area (Å²) in [6, 6.07) is 0. The van der Waals surface area contributed by atoms with E-state index in [1.807, 2.05) is 0 Å². The maximum Gasteiger partial charge on any atom is 0.0687 e. The summed E-state index contributed by atoms with van der Waals surface area (Å²) in [4.78, 5) is 0. The van der Waals surface area contributed by atoms with Crippen LogP contribution in [0.2, 0.25) is 0 Å². The molecule has 2 atom stereocenters. The molecule has 1 heterocycles. The topological polar surface area (TPSA) is 21.3 Å². The van der Waals surface area contributed by atoms with E-state index in [0.29, 0.717) is 11.7 Å². The molecule has 0 aromatic heterocycles. The fourth-order valence-corrected chi connectivity index (χ4v) is 4.99. The van der Waals surface area contributed by atoms with Crippen LogP contribution in [-0.2, 0) is 4.74 Å². The average Bonchev–Trinajstić information content (AvgIpc) is 3.18. The number of ether oxygens (including phenoxy) is 1. The van der Waals surface area contributed by atoms with Crippen molar-refractivity contribution in [3.05, 3.63) is 0 Å². The first-order chi connectivity index (χ1) is 9.81. The van der Waals surface area contributed by atoms with Crippen LogP contribution >= 0.6 is 0 Å². The van der Waals surface area contributed by atoms with Gasteiger partial charge in [-0.3, -0.25) is 0 Å². The van der Waals surface area contributed by atoms with Gasteiger partial charge in [0.2, 0.25) is 0 Å². The zero-order chi connectivity index (χ0) is 13.8. The summed E-state index contributed by atoms with van der Waals surface area (Å²) in [6.45, 7) is 4.55. The van der Waals surface area contributed by atoms with Crippen LogP contribution in [0.5, 0.6) is 0 Å². The minimum absolute atomic E-state index is 0.322. The average molecular weight is 279 g/mol. The van der Waals surface area contributed by atoms with Crippen molar-refractivity contribution in [1.29, 1.82) is 0 Å². The molecule has 3 fully saturated rings. The highest BCUT2D eigenvalue weighted by Crippen LogP contribution is 2.45. The van der Waals surface area contributed by atoms with E-state index in [-0.39, 0.29) is 0 Å². The predicted molar refractivity (Wildman–Crippen MR) is 83.9 cm³/mol. The molecule has 3 rings (SSSR count). The third kappa shape index (κ3) is 3.39. The van der Waals surface area contributed by atoms with Crippen LogP contribution in [-0.4, -0.2) is 24.8 Å². The second-order valence-corrected chi connectivity index (χ2v) is 7.52. The van der Waals surface area contributed by atoms with Crippen molar-refractivity contribution in [3.8, 4) is 0 Å². The molecule has 0 radical (unpaired) electrons. The smallest absolute Gasteiger partial charge is 0.0687 e. The molecule has 1 N–H and O–H groups in total. The standard InChI is InChI=1S/C18H33NO/c1-2-19-14-16(15-7-3-4-8-15)13-17-9-12-18(20-17)10-5-6-11-18/h15-17,19H,2-14H2,1H3. The molecule has 116 valence electrons. The highest BCUT2D eigenvalue weighted by Gasteiger charge is 2.43. The van der Waals surface area contributed by atoms with Gasteiger partial charge >= 0.3 is 0 Å². The normalized spacial score (nSPS) is 31.4. The summed E-state index contributed by atoms with van der Waals surface area (Å²) in [5.74, 6) is 1.83. The first-order valence-corrected chi connectivity index (χ1v) is 9.20. The quantitative estimate of drug-likeness (QED) is 0.783. The van der Waals surface area contributed by atoms with Crippen molar-refractivity contribution in [2.75, 3.05) is 13.1 Å². The second kappa shape index (κ2) is 6.79. The van der Waals surface area contributed by atoms with Crippen LogP contribution in [0.25, 0.3) is 0 Å². The fraction of sp³-hybridized carbons (Fsp3) is 1.00. The highest BCUT2D eigenvalue weighted by atomic mass is 16.5. The molecule has 2 unspecified atom stereocenters. The lowest BCUT2D eigenvalue weighted by molar-refractivity contribution is -0.0468. The molecule has 0 bridgehead atoms. The Kier molecular flexibility index (Phi) is 5.04. The van der Waals surface area contributed by atoms with E-state index in [4.69, 9.17) is 4.74 Å². The number of hydrogen-bond acceptors (Lipinski definition) is 2. The predicted octanol–water partition coefficient (Wildman–Crippen LogP) is 4.28. The van der Waals surface area contributed by atoms with Gasteiger partial charge in [0.05, 0.1) is 11.7 Å². The molecule has 2 heteroatoms. The van der Waals surface area contributed by atoms with Gasteiger partial charge in [-0.25, -0.2) is 0 Å². The van der Waals surface area contributed by atoms with E-state index >= 15 is 0 Å². The van der Waals surface area contributed by atoms with Gasteiger partial charge in [-0.15, -0.1) is 0 Å². The molecule has 3 aliphatic rings. The fourth-order valence-electron chi connectivity index (χ4n) is 4.99. The Morgan fingerprint density at radius 3 is 2.50 bits per heavy atom. The third-order valence-electron chi connectivity index (χ3n) is 6.14. The van der Waals surface area contributed by atoms with Crippen molar-refractivity contribution in [1.82, 2.24) is 5.32 Å². The Bertz CT molecular complexity index is 292. The molecule has 0 amide bonds. The lowest BCUT2D eigenvalue weighted by Gasteiger charge is -2.29. The van der Waals surface area contributed by atoms with Crippen molar-refractivity contribution in [3.63, 3.8) is 0 Å². The maximum absolute atomic E-state index is 6.55. The Morgan fingerprint density at radius 2 is 1.80 bits per heavy atom. The van der Waals surface area contributed by atoms with E-state index in [1.54, 1.807) is 0 Å². The monoisotopic (exact) mass is 279 g/mol. The van der Waals surface area contributed by atoms with Crippen LogP contribution in [0.3, 0.4) is 0 Å². The molecular weight excluding hydrogens is 246 g/mol. The van der Waals surface area contributed by atoms with Crippen molar-refractivity contribution < 1.29 is 4.74 Å². The molecule has 1 saturated heterocycles. The van der Waals surface area contributed by atoms with Gasteiger partial charge in [0.1, 0.15) is 0 Å². The van der Waals surface area contributed by atoms with E-state index < -0.39 is 0 Å². The Balaban J connectivity index is 1.53. The van der Waals surface area contributed by atoms with E-state index in [0.717, 1.165) is 18.4 Å². The molecule has 2 saturated carbocycles. The zero-order valence-corrected chi connectivity index (χ0v) is 13.3. The van der Waals surface area contributed by atoms with Crippen LogP contribution in [0.15, 0.2) is 0 Å². The SMILES string of the molecule is CCNCC(CC1CCC2(CCCC2)O1)C1CCCC1. The van der Waals surface area contributed by atoms with Gasteiger partial charge < -0.3 is 10.1 Å². The minimum Gasteiger partial charge on any atom is -0.372 e.